The number of rotatable bonds is 7. The van der Waals surface area contributed by atoms with Gasteiger partial charge in [0.2, 0.25) is 5.92 Å². The molecule has 0 aromatic rings. The van der Waals surface area contributed by atoms with Crippen molar-refractivity contribution in [3.05, 3.63) is 0 Å². The smallest absolute Gasteiger partial charge is 0.314 e. The molecule has 1 unspecified atom stereocenters. The highest BCUT2D eigenvalue weighted by Crippen LogP contribution is 2.39. The maximum absolute atomic E-state index is 13.0. The Bertz CT molecular complexity index is 514. The van der Waals surface area contributed by atoms with Gasteiger partial charge in [-0.3, -0.25) is 0 Å². The van der Waals surface area contributed by atoms with Crippen LogP contribution in [-0.2, 0) is 9.84 Å². The van der Waals surface area contributed by atoms with Crippen molar-refractivity contribution in [2.24, 2.45) is 5.92 Å². The molecule has 2 N–H and O–H groups in total. The SMILES string of the molecule is O=C(NCCCN1CCS(=O)(=O)CC1)NCCC1CCC(F)(F)C1. The third-order valence-electron chi connectivity index (χ3n) is 4.72. The summed E-state index contributed by atoms with van der Waals surface area (Å²) in [6.45, 7) is 2.79. The standard InChI is InChI=1S/C15H27F2N3O3S/c16-15(17)4-2-13(12-15)3-6-19-14(21)18-5-1-7-20-8-10-24(22,23)11-9-20/h13H,1-12H2,(H2,18,19,21). The molecule has 0 radical (unpaired) electrons. The lowest BCUT2D eigenvalue weighted by Gasteiger charge is -2.26. The first kappa shape index (κ1) is 19.4. The molecule has 1 heterocycles. The molecule has 1 aliphatic heterocycles. The Hall–Kier alpha value is -0.960. The molecule has 24 heavy (non-hydrogen) atoms. The van der Waals surface area contributed by atoms with Gasteiger partial charge in [-0.25, -0.2) is 22.0 Å². The lowest BCUT2D eigenvalue weighted by Crippen LogP contribution is -2.42. The summed E-state index contributed by atoms with van der Waals surface area (Å²) >= 11 is 0. The second-order valence-electron chi connectivity index (χ2n) is 6.78. The average molecular weight is 367 g/mol. The van der Waals surface area contributed by atoms with Gasteiger partial charge in [0, 0.05) is 39.0 Å². The highest BCUT2D eigenvalue weighted by atomic mass is 32.2. The molecule has 2 rings (SSSR count). The van der Waals surface area contributed by atoms with Crippen LogP contribution in [0, 0.1) is 5.92 Å². The minimum atomic E-state index is -2.85. The van der Waals surface area contributed by atoms with Gasteiger partial charge in [0.15, 0.2) is 9.84 Å². The van der Waals surface area contributed by atoms with Crippen LogP contribution in [0.5, 0.6) is 0 Å². The highest BCUT2D eigenvalue weighted by molar-refractivity contribution is 7.91. The number of urea groups is 1. The molecule has 140 valence electrons. The van der Waals surface area contributed by atoms with Crippen LogP contribution >= 0.6 is 0 Å². The van der Waals surface area contributed by atoms with E-state index in [2.05, 4.69) is 15.5 Å². The van der Waals surface area contributed by atoms with Crippen molar-refractivity contribution >= 4 is 15.9 Å². The number of alkyl halides is 2. The summed E-state index contributed by atoms with van der Waals surface area (Å²) in [5.74, 6) is -2.11. The van der Waals surface area contributed by atoms with Crippen LogP contribution < -0.4 is 10.6 Å². The van der Waals surface area contributed by atoms with Gasteiger partial charge >= 0.3 is 6.03 Å². The van der Waals surface area contributed by atoms with Gasteiger partial charge in [-0.05, 0) is 31.7 Å². The van der Waals surface area contributed by atoms with E-state index in [1.165, 1.54) is 0 Å². The van der Waals surface area contributed by atoms with Gasteiger partial charge in [-0.1, -0.05) is 0 Å². The molecule has 1 atom stereocenters. The fourth-order valence-electron chi connectivity index (χ4n) is 3.22. The average Bonchev–Trinajstić information content (AvgIpc) is 2.84. The maximum atomic E-state index is 13.0. The van der Waals surface area contributed by atoms with Crippen LogP contribution in [0.25, 0.3) is 0 Å². The van der Waals surface area contributed by atoms with Crippen LogP contribution in [0.3, 0.4) is 0 Å². The predicted octanol–water partition coefficient (Wildman–Crippen LogP) is 1.23. The normalized spacial score (nSPS) is 26.2. The molecule has 9 heteroatoms. The Labute approximate surface area is 142 Å². The second kappa shape index (κ2) is 8.42. The lowest BCUT2D eigenvalue weighted by molar-refractivity contribution is 0.00478. The monoisotopic (exact) mass is 367 g/mol. The van der Waals surface area contributed by atoms with Crippen molar-refractivity contribution in [3.63, 3.8) is 0 Å². The summed E-state index contributed by atoms with van der Waals surface area (Å²) in [4.78, 5) is 13.7. The van der Waals surface area contributed by atoms with E-state index in [1.54, 1.807) is 0 Å². The van der Waals surface area contributed by atoms with E-state index in [-0.39, 0.29) is 36.3 Å². The Morgan fingerprint density at radius 2 is 1.83 bits per heavy atom. The van der Waals surface area contributed by atoms with Gasteiger partial charge in [0.1, 0.15) is 0 Å². The van der Waals surface area contributed by atoms with E-state index in [9.17, 15) is 22.0 Å². The number of hydrogen-bond acceptors (Lipinski definition) is 4. The Morgan fingerprint density at radius 3 is 2.46 bits per heavy atom. The number of amides is 2. The first-order valence-electron chi connectivity index (χ1n) is 8.58. The van der Waals surface area contributed by atoms with Crippen LogP contribution in [0.4, 0.5) is 13.6 Å². The van der Waals surface area contributed by atoms with Crippen molar-refractivity contribution in [2.75, 3.05) is 44.2 Å². The van der Waals surface area contributed by atoms with Crippen molar-refractivity contribution in [1.29, 1.82) is 0 Å². The first-order valence-corrected chi connectivity index (χ1v) is 10.4. The maximum Gasteiger partial charge on any atom is 0.314 e. The zero-order valence-electron chi connectivity index (χ0n) is 13.9. The van der Waals surface area contributed by atoms with Crippen molar-refractivity contribution < 1.29 is 22.0 Å². The molecule has 0 aromatic heterocycles. The number of carbonyl (C=O) groups excluding carboxylic acids is 1. The largest absolute Gasteiger partial charge is 0.338 e. The Kier molecular flexibility index (Phi) is 6.79. The molecule has 6 nitrogen and oxygen atoms in total. The van der Waals surface area contributed by atoms with Crippen LogP contribution in [0.1, 0.15) is 32.1 Å². The molecule has 2 aliphatic rings. The highest BCUT2D eigenvalue weighted by Gasteiger charge is 2.38. The number of nitrogens with one attached hydrogen (secondary N) is 2. The summed E-state index contributed by atoms with van der Waals surface area (Å²) in [5, 5.41) is 5.44. The third kappa shape index (κ3) is 6.88. The van der Waals surface area contributed by atoms with Crippen LogP contribution in [-0.4, -0.2) is 69.5 Å². The molecule has 2 fully saturated rings. The van der Waals surface area contributed by atoms with Crippen LogP contribution in [0.2, 0.25) is 0 Å². The van der Waals surface area contributed by atoms with E-state index in [1.807, 2.05) is 0 Å². The van der Waals surface area contributed by atoms with E-state index >= 15 is 0 Å². The summed E-state index contributed by atoms with van der Waals surface area (Å²) in [5.41, 5.74) is 0. The number of hydrogen-bond donors (Lipinski definition) is 2. The quantitative estimate of drug-likeness (QED) is 0.664. The fourth-order valence-corrected chi connectivity index (χ4v) is 4.50. The zero-order valence-corrected chi connectivity index (χ0v) is 14.7. The number of carbonyl (C=O) groups is 1. The van der Waals surface area contributed by atoms with Crippen LogP contribution in [0.15, 0.2) is 0 Å². The van der Waals surface area contributed by atoms with E-state index in [4.69, 9.17) is 0 Å². The van der Waals surface area contributed by atoms with Gasteiger partial charge < -0.3 is 15.5 Å². The van der Waals surface area contributed by atoms with Gasteiger partial charge in [-0.15, -0.1) is 0 Å². The molecule has 1 saturated carbocycles. The molecule has 2 amide bonds. The number of sulfone groups is 1. The van der Waals surface area contributed by atoms with E-state index in [0.717, 1.165) is 13.0 Å². The van der Waals surface area contributed by atoms with Gasteiger partial charge in [0.05, 0.1) is 11.5 Å². The van der Waals surface area contributed by atoms with Crippen molar-refractivity contribution in [3.8, 4) is 0 Å². The molecule has 1 aliphatic carbocycles. The number of nitrogens with zero attached hydrogens (tertiary/aromatic N) is 1. The molecule has 0 spiro atoms. The molecular weight excluding hydrogens is 340 g/mol. The van der Waals surface area contributed by atoms with E-state index < -0.39 is 15.8 Å². The lowest BCUT2D eigenvalue weighted by atomic mass is 10.0. The predicted molar refractivity (Wildman–Crippen MR) is 88.0 cm³/mol. The summed E-state index contributed by atoms with van der Waals surface area (Å²) in [6, 6.07) is -0.277. The Morgan fingerprint density at radius 1 is 1.17 bits per heavy atom. The number of halogens is 2. The van der Waals surface area contributed by atoms with Crippen molar-refractivity contribution in [2.45, 2.75) is 38.0 Å². The topological polar surface area (TPSA) is 78.5 Å². The molecule has 0 bridgehead atoms. The fraction of sp³-hybridized carbons (Fsp3) is 0.933. The first-order chi connectivity index (χ1) is 11.3. The second-order valence-corrected chi connectivity index (χ2v) is 9.09. The summed E-state index contributed by atoms with van der Waals surface area (Å²) < 4.78 is 48.7. The molecule has 0 aromatic carbocycles. The summed E-state index contributed by atoms with van der Waals surface area (Å²) in [6.07, 6.45) is 1.76. The summed E-state index contributed by atoms with van der Waals surface area (Å²) in [7, 11) is -2.85. The zero-order chi connectivity index (χ0) is 17.6. The van der Waals surface area contributed by atoms with Gasteiger partial charge in [-0.2, -0.15) is 0 Å². The minimum Gasteiger partial charge on any atom is -0.338 e. The molecular formula is C15H27F2N3O3S. The van der Waals surface area contributed by atoms with E-state index in [0.29, 0.717) is 39.0 Å². The molecule has 1 saturated heterocycles. The van der Waals surface area contributed by atoms with Gasteiger partial charge in [0.25, 0.3) is 0 Å². The minimum absolute atomic E-state index is 0.00400. The third-order valence-corrected chi connectivity index (χ3v) is 6.33. The Balaban J connectivity index is 1.47. The van der Waals surface area contributed by atoms with Crippen molar-refractivity contribution in [1.82, 2.24) is 15.5 Å².